The summed E-state index contributed by atoms with van der Waals surface area (Å²) in [7, 11) is 0. The van der Waals surface area contributed by atoms with E-state index in [1.54, 1.807) is 6.21 Å². The molecule has 1 heterocycles. The number of carbonyl (C=O) groups is 1. The van der Waals surface area contributed by atoms with Gasteiger partial charge in [-0.25, -0.2) is 5.43 Å². The van der Waals surface area contributed by atoms with Crippen LogP contribution in [0.2, 0.25) is 0 Å². The highest BCUT2D eigenvalue weighted by molar-refractivity contribution is 7.99. The predicted octanol–water partition coefficient (Wildman–Crippen LogP) is 6.63. The Morgan fingerprint density at radius 2 is 1.61 bits per heavy atom. The molecule has 6 nitrogen and oxygen atoms in total. The van der Waals surface area contributed by atoms with Crippen molar-refractivity contribution in [2.75, 3.05) is 5.75 Å². The smallest absolute Gasteiger partial charge is 0.250 e. The van der Waals surface area contributed by atoms with Gasteiger partial charge in [0.1, 0.15) is 0 Å². The van der Waals surface area contributed by atoms with Crippen LogP contribution in [-0.4, -0.2) is 32.6 Å². The fourth-order valence-corrected chi connectivity index (χ4v) is 4.92. The summed E-state index contributed by atoms with van der Waals surface area (Å²) in [6.07, 6.45) is 1.68. The maximum Gasteiger partial charge on any atom is 0.250 e. The van der Waals surface area contributed by atoms with E-state index in [2.05, 4.69) is 77.9 Å². The number of nitrogens with zero attached hydrogens (tertiary/aromatic N) is 4. The summed E-state index contributed by atoms with van der Waals surface area (Å²) < 4.78 is 1.99. The SMILES string of the molecule is CC(C)(C)c1ccc(-c2nnc(SCC(=O)N/N=C/c3cccc4ccccc34)n2-c2ccccc2)cc1. The number of amides is 1. The minimum absolute atomic E-state index is 0.0656. The van der Waals surface area contributed by atoms with Crippen molar-refractivity contribution in [3.63, 3.8) is 0 Å². The highest BCUT2D eigenvalue weighted by Gasteiger charge is 2.19. The lowest BCUT2D eigenvalue weighted by Crippen LogP contribution is -2.20. The van der Waals surface area contributed by atoms with Crippen molar-refractivity contribution in [1.29, 1.82) is 0 Å². The van der Waals surface area contributed by atoms with Gasteiger partial charge in [-0.3, -0.25) is 9.36 Å². The molecule has 0 aliphatic heterocycles. The Balaban J connectivity index is 1.33. The standard InChI is InChI=1S/C31H29N5OS/c1-31(2,3)25-18-16-23(17-19-25)29-34-35-30(36(29)26-13-5-4-6-14-26)38-21-28(37)33-32-20-24-12-9-11-22-10-7-8-15-27(22)24/h4-20H,21H2,1-3H3,(H,33,37)/b32-20+. The molecule has 0 aliphatic rings. The van der Waals surface area contributed by atoms with Crippen LogP contribution in [0.25, 0.3) is 27.8 Å². The fourth-order valence-electron chi connectivity index (χ4n) is 4.18. The number of hydrogen-bond donors (Lipinski definition) is 1. The van der Waals surface area contributed by atoms with Gasteiger partial charge in [-0.2, -0.15) is 5.10 Å². The van der Waals surface area contributed by atoms with Crippen molar-refractivity contribution in [2.24, 2.45) is 5.10 Å². The summed E-state index contributed by atoms with van der Waals surface area (Å²) in [5, 5.41) is 16.0. The van der Waals surface area contributed by atoms with E-state index in [0.717, 1.165) is 33.4 Å². The number of benzene rings is 4. The maximum atomic E-state index is 12.6. The second kappa shape index (κ2) is 11.0. The van der Waals surface area contributed by atoms with Crippen molar-refractivity contribution in [3.8, 4) is 17.1 Å². The molecule has 5 rings (SSSR count). The Kier molecular flexibility index (Phi) is 7.38. The van der Waals surface area contributed by atoms with Crippen molar-refractivity contribution >= 4 is 34.7 Å². The summed E-state index contributed by atoms with van der Waals surface area (Å²) in [6, 6.07) is 32.5. The molecule has 0 aliphatic carbocycles. The Bertz CT molecular complexity index is 1580. The number of hydrogen-bond acceptors (Lipinski definition) is 5. The zero-order valence-corrected chi connectivity index (χ0v) is 22.4. The lowest BCUT2D eigenvalue weighted by atomic mass is 9.87. The van der Waals surface area contributed by atoms with Gasteiger partial charge in [0, 0.05) is 16.8 Å². The number of thioether (sulfide) groups is 1. The summed E-state index contributed by atoms with van der Waals surface area (Å²) in [6.45, 7) is 6.58. The van der Waals surface area contributed by atoms with E-state index in [9.17, 15) is 4.79 Å². The van der Waals surface area contributed by atoms with Crippen LogP contribution in [0.5, 0.6) is 0 Å². The largest absolute Gasteiger partial charge is 0.272 e. The van der Waals surface area contributed by atoms with Crippen molar-refractivity contribution in [1.82, 2.24) is 20.2 Å². The third-order valence-corrected chi connectivity index (χ3v) is 7.13. The van der Waals surface area contributed by atoms with Gasteiger partial charge in [0.25, 0.3) is 5.91 Å². The average Bonchev–Trinajstić information content (AvgIpc) is 3.36. The third kappa shape index (κ3) is 5.68. The Morgan fingerprint density at radius 1 is 0.895 bits per heavy atom. The molecule has 0 spiro atoms. The lowest BCUT2D eigenvalue weighted by Gasteiger charge is -2.19. The van der Waals surface area contributed by atoms with Gasteiger partial charge >= 0.3 is 0 Å². The first kappa shape index (κ1) is 25.4. The molecule has 0 unspecified atom stereocenters. The number of para-hydroxylation sites is 1. The van der Waals surface area contributed by atoms with E-state index in [0.29, 0.717) is 5.16 Å². The third-order valence-electron chi connectivity index (χ3n) is 6.21. The molecular weight excluding hydrogens is 490 g/mol. The van der Waals surface area contributed by atoms with Gasteiger partial charge in [-0.15, -0.1) is 10.2 Å². The highest BCUT2D eigenvalue weighted by Crippen LogP contribution is 2.30. The molecule has 190 valence electrons. The van der Waals surface area contributed by atoms with Crippen LogP contribution in [-0.2, 0) is 10.2 Å². The van der Waals surface area contributed by atoms with E-state index in [1.807, 2.05) is 65.2 Å². The molecule has 7 heteroatoms. The van der Waals surface area contributed by atoms with Gasteiger partial charge in [0.2, 0.25) is 0 Å². The summed E-state index contributed by atoms with van der Waals surface area (Å²) in [4.78, 5) is 12.6. The normalized spacial score (nSPS) is 11.8. The predicted molar refractivity (Wildman–Crippen MR) is 156 cm³/mol. The molecule has 0 atom stereocenters. The Hall–Kier alpha value is -4.23. The summed E-state index contributed by atoms with van der Waals surface area (Å²) in [5.74, 6) is 0.666. The molecule has 0 radical (unpaired) electrons. The van der Waals surface area contributed by atoms with Gasteiger partial charge in [0.05, 0.1) is 12.0 Å². The zero-order valence-electron chi connectivity index (χ0n) is 21.6. The Labute approximate surface area is 226 Å². The molecule has 1 N–H and O–H groups in total. The van der Waals surface area contributed by atoms with E-state index in [4.69, 9.17) is 0 Å². The number of carbonyl (C=O) groups excluding carboxylic acids is 1. The molecule has 5 aromatic rings. The summed E-state index contributed by atoms with van der Waals surface area (Å²) >= 11 is 1.33. The van der Waals surface area contributed by atoms with Crippen LogP contribution in [0, 0.1) is 0 Å². The van der Waals surface area contributed by atoms with Crippen LogP contribution < -0.4 is 5.43 Å². The zero-order chi connectivity index (χ0) is 26.5. The molecular formula is C31H29N5OS. The first-order valence-electron chi connectivity index (χ1n) is 12.4. The second-order valence-electron chi connectivity index (χ2n) is 9.95. The molecule has 4 aromatic carbocycles. The molecule has 1 amide bonds. The van der Waals surface area contributed by atoms with Crippen molar-refractivity contribution < 1.29 is 4.79 Å². The topological polar surface area (TPSA) is 72.2 Å². The second-order valence-corrected chi connectivity index (χ2v) is 10.9. The molecule has 1 aromatic heterocycles. The number of nitrogens with one attached hydrogen (secondary N) is 1. The van der Waals surface area contributed by atoms with Gasteiger partial charge in [-0.05, 0) is 33.9 Å². The highest BCUT2D eigenvalue weighted by atomic mass is 32.2. The van der Waals surface area contributed by atoms with Gasteiger partial charge < -0.3 is 0 Å². The number of rotatable bonds is 7. The van der Waals surface area contributed by atoms with Crippen LogP contribution in [0.3, 0.4) is 0 Å². The van der Waals surface area contributed by atoms with Crippen molar-refractivity contribution in [2.45, 2.75) is 31.3 Å². The van der Waals surface area contributed by atoms with E-state index < -0.39 is 0 Å². The van der Waals surface area contributed by atoms with Gasteiger partial charge in [-0.1, -0.05) is 117 Å². The van der Waals surface area contributed by atoms with Gasteiger partial charge in [0.15, 0.2) is 11.0 Å². The first-order valence-corrected chi connectivity index (χ1v) is 13.4. The monoisotopic (exact) mass is 519 g/mol. The number of hydrazone groups is 1. The fraction of sp³-hybridized carbons (Fsp3) is 0.161. The number of fused-ring (bicyclic) bond motifs is 1. The van der Waals surface area contributed by atoms with Crippen LogP contribution in [0.15, 0.2) is 107 Å². The molecule has 0 saturated heterocycles. The van der Waals surface area contributed by atoms with Crippen LogP contribution in [0.1, 0.15) is 31.9 Å². The molecule has 0 saturated carbocycles. The molecule has 0 bridgehead atoms. The maximum absolute atomic E-state index is 12.6. The van der Waals surface area contributed by atoms with Crippen LogP contribution in [0.4, 0.5) is 0 Å². The molecule has 0 fully saturated rings. The van der Waals surface area contributed by atoms with Crippen LogP contribution >= 0.6 is 11.8 Å². The quantitative estimate of drug-likeness (QED) is 0.149. The minimum atomic E-state index is -0.217. The Morgan fingerprint density at radius 3 is 2.37 bits per heavy atom. The summed E-state index contributed by atoms with van der Waals surface area (Å²) in [5.41, 5.74) is 6.80. The first-order chi connectivity index (χ1) is 18.4. The van der Waals surface area contributed by atoms with E-state index in [1.165, 1.54) is 17.3 Å². The van der Waals surface area contributed by atoms with Crippen molar-refractivity contribution in [3.05, 3.63) is 108 Å². The van der Waals surface area contributed by atoms with E-state index >= 15 is 0 Å². The van der Waals surface area contributed by atoms with E-state index in [-0.39, 0.29) is 17.1 Å². The lowest BCUT2D eigenvalue weighted by molar-refractivity contribution is -0.118. The molecule has 38 heavy (non-hydrogen) atoms. The minimum Gasteiger partial charge on any atom is -0.272 e. The number of aromatic nitrogens is 3. The average molecular weight is 520 g/mol.